The van der Waals surface area contributed by atoms with E-state index in [1.807, 2.05) is 24.4 Å². The van der Waals surface area contributed by atoms with E-state index in [4.69, 9.17) is 0 Å². The van der Waals surface area contributed by atoms with E-state index < -0.39 is 5.91 Å². The molecule has 1 amide bonds. The van der Waals surface area contributed by atoms with E-state index in [0.717, 1.165) is 17.0 Å². The van der Waals surface area contributed by atoms with E-state index in [1.54, 1.807) is 24.7 Å². The number of carbonyl (C=O) groups is 1. The molecule has 1 N–H and O–H groups in total. The number of nitrogens with zero attached hydrogens (tertiary/aromatic N) is 6. The topological polar surface area (TPSA) is 98.0 Å². The van der Waals surface area contributed by atoms with Crippen molar-refractivity contribution in [3.8, 4) is 11.3 Å². The van der Waals surface area contributed by atoms with Crippen LogP contribution in [0.15, 0.2) is 42.2 Å². The Morgan fingerprint density at radius 1 is 1.25 bits per heavy atom. The lowest BCUT2D eigenvalue weighted by Crippen LogP contribution is -2.13. The minimum absolute atomic E-state index is 0.0509. The van der Waals surface area contributed by atoms with Crippen LogP contribution in [0.5, 0.6) is 0 Å². The molecule has 0 aliphatic heterocycles. The van der Waals surface area contributed by atoms with Crippen LogP contribution in [0.1, 0.15) is 16.3 Å². The zero-order valence-corrected chi connectivity index (χ0v) is 13.4. The van der Waals surface area contributed by atoms with E-state index >= 15 is 0 Å². The zero-order valence-electron chi connectivity index (χ0n) is 12.5. The molecule has 0 aromatic carbocycles. The number of aromatic nitrogens is 6. The molecule has 8 nitrogen and oxygen atoms in total. The number of pyridine rings is 1. The van der Waals surface area contributed by atoms with E-state index in [0.29, 0.717) is 10.9 Å². The van der Waals surface area contributed by atoms with Crippen LogP contribution in [0.2, 0.25) is 0 Å². The van der Waals surface area contributed by atoms with Crippen LogP contribution in [0.4, 0.5) is 5.13 Å². The monoisotopic (exact) mass is 337 g/mol. The van der Waals surface area contributed by atoms with Gasteiger partial charge in [0.05, 0.1) is 5.69 Å². The molecule has 0 aliphatic carbocycles. The van der Waals surface area contributed by atoms with Crippen LogP contribution >= 0.6 is 11.3 Å². The molecule has 4 aromatic rings. The van der Waals surface area contributed by atoms with Crippen LogP contribution in [0.3, 0.4) is 0 Å². The van der Waals surface area contributed by atoms with Crippen molar-refractivity contribution in [2.45, 2.75) is 6.92 Å². The fourth-order valence-electron chi connectivity index (χ4n) is 2.13. The van der Waals surface area contributed by atoms with Crippen molar-refractivity contribution < 1.29 is 4.79 Å². The smallest absolute Gasteiger partial charge is 0.295 e. The van der Waals surface area contributed by atoms with E-state index in [2.05, 4.69) is 30.4 Å². The minimum atomic E-state index is -0.424. The van der Waals surface area contributed by atoms with E-state index in [1.165, 1.54) is 15.9 Å². The van der Waals surface area contributed by atoms with Gasteiger partial charge in [-0.05, 0) is 25.1 Å². The second kappa shape index (κ2) is 5.78. The highest BCUT2D eigenvalue weighted by atomic mass is 32.1. The minimum Gasteiger partial charge on any atom is -0.295 e. The average Bonchev–Trinajstić information content (AvgIpc) is 3.23. The Morgan fingerprint density at radius 2 is 2.17 bits per heavy atom. The first-order valence-electron chi connectivity index (χ1n) is 7.06. The molecule has 0 spiro atoms. The summed E-state index contributed by atoms with van der Waals surface area (Å²) in [4.78, 5) is 29.0. The van der Waals surface area contributed by atoms with Crippen LogP contribution in [0, 0.1) is 6.92 Å². The fourth-order valence-corrected chi connectivity index (χ4v) is 2.85. The van der Waals surface area contributed by atoms with Crippen molar-refractivity contribution in [3.05, 3.63) is 53.7 Å². The van der Waals surface area contributed by atoms with Gasteiger partial charge in [0.2, 0.25) is 5.82 Å². The van der Waals surface area contributed by atoms with Gasteiger partial charge in [0.1, 0.15) is 0 Å². The molecular formula is C15H11N7OS. The van der Waals surface area contributed by atoms with Gasteiger partial charge in [-0.25, -0.2) is 14.5 Å². The second-order valence-corrected chi connectivity index (χ2v) is 5.83. The maximum atomic E-state index is 12.3. The summed E-state index contributed by atoms with van der Waals surface area (Å²) in [6.45, 7) is 1.87. The third-order valence-electron chi connectivity index (χ3n) is 3.31. The molecule has 0 bridgehead atoms. The highest BCUT2D eigenvalue weighted by molar-refractivity contribution is 7.14. The first-order valence-corrected chi connectivity index (χ1v) is 7.94. The average molecular weight is 337 g/mol. The van der Waals surface area contributed by atoms with Crippen LogP contribution < -0.4 is 5.32 Å². The molecular weight excluding hydrogens is 326 g/mol. The molecule has 4 aromatic heterocycles. The number of hydrogen-bond acceptors (Lipinski definition) is 7. The Balaban J connectivity index is 1.57. The largest absolute Gasteiger partial charge is 0.297 e. The Kier molecular flexibility index (Phi) is 3.47. The number of carbonyl (C=O) groups excluding carboxylic acids is 1. The number of fused-ring (bicyclic) bond motifs is 1. The molecule has 0 fully saturated rings. The quantitative estimate of drug-likeness (QED) is 0.615. The predicted molar refractivity (Wildman–Crippen MR) is 88.8 cm³/mol. The third kappa shape index (κ3) is 2.61. The Labute approximate surface area is 140 Å². The Hall–Kier alpha value is -3.20. The SMILES string of the molecule is Cc1ccnc2nc(C(=O)Nc3nc(-c4cccnc4)cs3)nn12. The van der Waals surface area contributed by atoms with Crippen LogP contribution in [0.25, 0.3) is 17.0 Å². The first-order chi connectivity index (χ1) is 11.7. The van der Waals surface area contributed by atoms with Gasteiger partial charge in [-0.1, -0.05) is 0 Å². The molecule has 9 heteroatoms. The van der Waals surface area contributed by atoms with Crippen LogP contribution in [-0.4, -0.2) is 35.5 Å². The zero-order chi connectivity index (χ0) is 16.5. The summed E-state index contributed by atoms with van der Waals surface area (Å²) in [7, 11) is 0. The maximum Gasteiger partial charge on any atom is 0.297 e. The summed E-state index contributed by atoms with van der Waals surface area (Å²) in [5.41, 5.74) is 2.49. The van der Waals surface area contributed by atoms with Gasteiger partial charge in [-0.15, -0.1) is 16.4 Å². The molecule has 0 aliphatic rings. The molecule has 0 atom stereocenters. The summed E-state index contributed by atoms with van der Waals surface area (Å²) in [5, 5.41) is 9.21. The molecule has 0 saturated carbocycles. The molecule has 118 valence electrons. The highest BCUT2D eigenvalue weighted by Gasteiger charge is 2.16. The number of anilines is 1. The van der Waals surface area contributed by atoms with Crippen molar-refractivity contribution in [1.29, 1.82) is 0 Å². The lowest BCUT2D eigenvalue weighted by molar-refractivity contribution is 0.101. The summed E-state index contributed by atoms with van der Waals surface area (Å²) in [6, 6.07) is 5.54. The van der Waals surface area contributed by atoms with Crippen molar-refractivity contribution in [1.82, 2.24) is 29.5 Å². The highest BCUT2D eigenvalue weighted by Crippen LogP contribution is 2.24. The molecule has 0 radical (unpaired) electrons. The first kappa shape index (κ1) is 14.4. The number of thiazole rings is 1. The van der Waals surface area contributed by atoms with Gasteiger partial charge in [0.15, 0.2) is 5.13 Å². The third-order valence-corrected chi connectivity index (χ3v) is 4.07. The summed E-state index contributed by atoms with van der Waals surface area (Å²) >= 11 is 1.33. The van der Waals surface area contributed by atoms with Gasteiger partial charge in [-0.3, -0.25) is 15.1 Å². The molecule has 4 rings (SSSR count). The van der Waals surface area contributed by atoms with Gasteiger partial charge < -0.3 is 0 Å². The van der Waals surface area contributed by atoms with E-state index in [9.17, 15) is 4.79 Å². The normalized spacial score (nSPS) is 10.9. The predicted octanol–water partition coefficient (Wildman–Crippen LogP) is 2.20. The molecule has 0 saturated heterocycles. The molecule has 0 unspecified atom stereocenters. The lowest BCUT2D eigenvalue weighted by atomic mass is 10.2. The Morgan fingerprint density at radius 3 is 2.96 bits per heavy atom. The molecule has 24 heavy (non-hydrogen) atoms. The summed E-state index contributed by atoms with van der Waals surface area (Å²) in [5.74, 6) is 0.0113. The number of nitrogens with one attached hydrogen (secondary N) is 1. The van der Waals surface area contributed by atoms with Crippen molar-refractivity contribution in [3.63, 3.8) is 0 Å². The van der Waals surface area contributed by atoms with Gasteiger partial charge in [0.25, 0.3) is 11.7 Å². The van der Waals surface area contributed by atoms with Gasteiger partial charge in [-0.2, -0.15) is 4.98 Å². The Bertz CT molecular complexity index is 1020. The fraction of sp³-hybridized carbons (Fsp3) is 0.0667. The van der Waals surface area contributed by atoms with E-state index in [-0.39, 0.29) is 5.82 Å². The van der Waals surface area contributed by atoms with Crippen molar-refractivity contribution in [2.75, 3.05) is 5.32 Å². The van der Waals surface area contributed by atoms with Crippen molar-refractivity contribution in [2.24, 2.45) is 0 Å². The van der Waals surface area contributed by atoms with Gasteiger partial charge >= 0.3 is 0 Å². The second-order valence-electron chi connectivity index (χ2n) is 4.97. The van der Waals surface area contributed by atoms with Crippen molar-refractivity contribution >= 4 is 28.2 Å². The maximum absolute atomic E-state index is 12.3. The number of rotatable bonds is 3. The number of hydrogen-bond donors (Lipinski definition) is 1. The summed E-state index contributed by atoms with van der Waals surface area (Å²) < 4.78 is 1.53. The number of aryl methyl sites for hydroxylation is 1. The molecule has 4 heterocycles. The summed E-state index contributed by atoms with van der Waals surface area (Å²) in [6.07, 6.45) is 5.05. The standard InChI is InChI=1S/C15H11N7OS/c1-9-4-6-17-14-19-12(21-22(9)14)13(23)20-15-18-11(8-24-15)10-3-2-5-16-7-10/h2-8H,1H3,(H,18,20,23). The van der Waals surface area contributed by atoms with Crippen LogP contribution in [-0.2, 0) is 0 Å². The van der Waals surface area contributed by atoms with Gasteiger partial charge in [0, 0.05) is 35.2 Å². The number of amides is 1. The lowest BCUT2D eigenvalue weighted by Gasteiger charge is -1.97.